The van der Waals surface area contributed by atoms with Crippen molar-refractivity contribution in [3.63, 3.8) is 0 Å². The molecule has 0 N–H and O–H groups in total. The SMILES string of the molecule is CCOC1=CC2=CC[C@H]3[C@@H]4[C@@H](OC(C)=O)CC[C@@]4(C)CC[C@@H]3[C@@]2(C)CC1. The summed E-state index contributed by atoms with van der Waals surface area (Å²) < 4.78 is 11.6. The van der Waals surface area contributed by atoms with Crippen molar-refractivity contribution in [3.05, 3.63) is 23.5 Å². The third-order valence-electron chi connectivity index (χ3n) is 8.15. The van der Waals surface area contributed by atoms with Crippen molar-refractivity contribution in [2.75, 3.05) is 6.61 Å². The number of rotatable bonds is 3. The minimum atomic E-state index is -0.110. The van der Waals surface area contributed by atoms with E-state index in [9.17, 15) is 4.79 Å². The highest BCUT2D eigenvalue weighted by molar-refractivity contribution is 5.66. The van der Waals surface area contributed by atoms with Crippen molar-refractivity contribution in [1.29, 1.82) is 0 Å². The molecule has 3 nitrogen and oxygen atoms in total. The molecule has 26 heavy (non-hydrogen) atoms. The van der Waals surface area contributed by atoms with Crippen LogP contribution in [0.25, 0.3) is 0 Å². The normalized spacial score (nSPS) is 44.2. The molecule has 2 fully saturated rings. The fourth-order valence-electron chi connectivity index (χ4n) is 6.94. The van der Waals surface area contributed by atoms with Crippen LogP contribution < -0.4 is 0 Å². The van der Waals surface area contributed by atoms with Gasteiger partial charge in [-0.05, 0) is 79.8 Å². The van der Waals surface area contributed by atoms with E-state index in [1.165, 1.54) is 31.3 Å². The van der Waals surface area contributed by atoms with Crippen LogP contribution >= 0.6 is 0 Å². The summed E-state index contributed by atoms with van der Waals surface area (Å²) in [7, 11) is 0. The molecule has 0 radical (unpaired) electrons. The standard InChI is InChI=1S/C23H34O3/c1-5-25-17-8-13-23(4)16(14-17)6-7-18-19(23)9-11-22(3)12-10-20(21(18)22)26-15(2)24/h6,14,18-21H,5,7-13H2,1-4H3/t18-,19+,20+,21-,22-,23+/m1/s1. The van der Waals surface area contributed by atoms with Gasteiger partial charge in [0.15, 0.2) is 0 Å². The first kappa shape index (κ1) is 18.1. The summed E-state index contributed by atoms with van der Waals surface area (Å²) in [6, 6.07) is 0. The first-order valence-corrected chi connectivity index (χ1v) is 10.6. The molecular weight excluding hydrogens is 324 g/mol. The Bertz CT molecular complexity index is 648. The summed E-state index contributed by atoms with van der Waals surface area (Å²) in [6.45, 7) is 9.32. The Hall–Kier alpha value is -1.25. The van der Waals surface area contributed by atoms with Crippen molar-refractivity contribution in [2.45, 2.75) is 78.7 Å². The zero-order valence-electron chi connectivity index (χ0n) is 16.8. The Morgan fingerprint density at radius 1 is 1.23 bits per heavy atom. The molecule has 0 saturated heterocycles. The molecule has 0 aliphatic heterocycles. The van der Waals surface area contributed by atoms with Crippen LogP contribution in [0.5, 0.6) is 0 Å². The zero-order valence-corrected chi connectivity index (χ0v) is 16.8. The molecule has 2 saturated carbocycles. The van der Waals surface area contributed by atoms with Gasteiger partial charge in [-0.25, -0.2) is 0 Å². The van der Waals surface area contributed by atoms with E-state index in [4.69, 9.17) is 9.47 Å². The molecule has 4 aliphatic carbocycles. The maximum atomic E-state index is 11.7. The predicted molar refractivity (Wildman–Crippen MR) is 102 cm³/mol. The van der Waals surface area contributed by atoms with Crippen LogP contribution in [0.4, 0.5) is 0 Å². The highest BCUT2D eigenvalue weighted by atomic mass is 16.5. The topological polar surface area (TPSA) is 35.5 Å². The molecule has 0 aromatic rings. The van der Waals surface area contributed by atoms with Crippen LogP contribution in [-0.4, -0.2) is 18.7 Å². The number of esters is 1. The summed E-state index contributed by atoms with van der Waals surface area (Å²) >= 11 is 0. The first-order valence-electron chi connectivity index (χ1n) is 10.6. The van der Waals surface area contributed by atoms with Gasteiger partial charge in [-0.15, -0.1) is 0 Å². The smallest absolute Gasteiger partial charge is 0.302 e. The lowest BCUT2D eigenvalue weighted by atomic mass is 9.48. The van der Waals surface area contributed by atoms with Gasteiger partial charge in [-0.3, -0.25) is 4.79 Å². The second-order valence-corrected chi connectivity index (χ2v) is 9.53. The van der Waals surface area contributed by atoms with Crippen LogP contribution in [0.1, 0.15) is 72.6 Å². The predicted octanol–water partition coefficient (Wildman–Crippen LogP) is 5.41. The van der Waals surface area contributed by atoms with Gasteiger partial charge in [0.25, 0.3) is 0 Å². The Morgan fingerprint density at radius 2 is 2.00 bits per heavy atom. The van der Waals surface area contributed by atoms with Crippen molar-refractivity contribution < 1.29 is 14.3 Å². The Labute approximate surface area is 158 Å². The molecule has 0 aromatic heterocycles. The van der Waals surface area contributed by atoms with Crippen LogP contribution in [0.2, 0.25) is 0 Å². The summed E-state index contributed by atoms with van der Waals surface area (Å²) in [5.41, 5.74) is 2.11. The second kappa shape index (κ2) is 6.42. The van der Waals surface area contributed by atoms with Crippen LogP contribution in [0.3, 0.4) is 0 Å². The van der Waals surface area contributed by atoms with Crippen LogP contribution in [-0.2, 0) is 14.3 Å². The second-order valence-electron chi connectivity index (χ2n) is 9.53. The fraction of sp³-hybridized carbons (Fsp3) is 0.783. The number of fused-ring (bicyclic) bond motifs is 5. The van der Waals surface area contributed by atoms with E-state index in [1.54, 1.807) is 6.92 Å². The molecule has 0 heterocycles. The minimum Gasteiger partial charge on any atom is -0.498 e. The Morgan fingerprint density at radius 3 is 2.73 bits per heavy atom. The third-order valence-corrected chi connectivity index (χ3v) is 8.15. The van der Waals surface area contributed by atoms with Gasteiger partial charge in [0.2, 0.25) is 0 Å². The van der Waals surface area contributed by atoms with E-state index in [0.717, 1.165) is 31.6 Å². The number of hydrogen-bond donors (Lipinski definition) is 0. The molecule has 0 spiro atoms. The van der Waals surface area contributed by atoms with Gasteiger partial charge >= 0.3 is 5.97 Å². The summed E-state index contributed by atoms with van der Waals surface area (Å²) in [5, 5.41) is 0. The van der Waals surface area contributed by atoms with Gasteiger partial charge < -0.3 is 9.47 Å². The number of hydrogen-bond acceptors (Lipinski definition) is 3. The molecule has 144 valence electrons. The average molecular weight is 359 g/mol. The highest BCUT2D eigenvalue weighted by Gasteiger charge is 2.59. The molecule has 6 atom stereocenters. The molecule has 4 aliphatic rings. The summed E-state index contributed by atoms with van der Waals surface area (Å²) in [4.78, 5) is 11.7. The van der Waals surface area contributed by atoms with E-state index in [1.807, 2.05) is 0 Å². The van der Waals surface area contributed by atoms with Gasteiger partial charge in [-0.1, -0.05) is 19.9 Å². The third kappa shape index (κ3) is 2.73. The number of carbonyl (C=O) groups excluding carboxylic acids is 1. The quantitative estimate of drug-likeness (QED) is 0.633. The van der Waals surface area contributed by atoms with Crippen LogP contribution in [0.15, 0.2) is 23.5 Å². The van der Waals surface area contributed by atoms with E-state index in [2.05, 4.69) is 32.9 Å². The highest BCUT2D eigenvalue weighted by Crippen LogP contribution is 2.64. The van der Waals surface area contributed by atoms with E-state index in [0.29, 0.717) is 23.2 Å². The molecule has 0 amide bonds. The molecule has 0 bridgehead atoms. The number of carbonyl (C=O) groups is 1. The van der Waals surface area contributed by atoms with Gasteiger partial charge in [0.05, 0.1) is 12.4 Å². The molecule has 0 aromatic carbocycles. The van der Waals surface area contributed by atoms with Gasteiger partial charge in [0.1, 0.15) is 6.10 Å². The molecular formula is C23H34O3. The molecule has 3 heteroatoms. The maximum absolute atomic E-state index is 11.7. The Balaban J connectivity index is 1.65. The lowest BCUT2D eigenvalue weighted by molar-refractivity contribution is -0.154. The lowest BCUT2D eigenvalue weighted by Crippen LogP contribution is -2.50. The lowest BCUT2D eigenvalue weighted by Gasteiger charge is -2.56. The molecule has 4 rings (SSSR count). The maximum Gasteiger partial charge on any atom is 0.302 e. The van der Waals surface area contributed by atoms with Gasteiger partial charge in [-0.2, -0.15) is 0 Å². The monoisotopic (exact) mass is 358 g/mol. The Kier molecular flexibility index (Phi) is 4.48. The minimum absolute atomic E-state index is 0.110. The largest absolute Gasteiger partial charge is 0.498 e. The zero-order chi connectivity index (χ0) is 18.5. The van der Waals surface area contributed by atoms with Crippen molar-refractivity contribution in [1.82, 2.24) is 0 Å². The van der Waals surface area contributed by atoms with Crippen molar-refractivity contribution in [2.24, 2.45) is 28.6 Å². The average Bonchev–Trinajstić information content (AvgIpc) is 2.91. The van der Waals surface area contributed by atoms with E-state index >= 15 is 0 Å². The van der Waals surface area contributed by atoms with Gasteiger partial charge in [0, 0.05) is 19.3 Å². The van der Waals surface area contributed by atoms with Crippen LogP contribution in [0, 0.1) is 28.6 Å². The number of ether oxygens (including phenoxy) is 2. The van der Waals surface area contributed by atoms with Crippen molar-refractivity contribution >= 4 is 5.97 Å². The first-order chi connectivity index (χ1) is 12.4. The fourth-order valence-corrected chi connectivity index (χ4v) is 6.94. The van der Waals surface area contributed by atoms with Crippen molar-refractivity contribution in [3.8, 4) is 0 Å². The van der Waals surface area contributed by atoms with E-state index in [-0.39, 0.29) is 17.5 Å². The number of allylic oxidation sites excluding steroid dienone is 4. The summed E-state index contributed by atoms with van der Waals surface area (Å²) in [5.74, 6) is 2.93. The summed E-state index contributed by atoms with van der Waals surface area (Å²) in [6.07, 6.45) is 13.2. The van der Waals surface area contributed by atoms with E-state index < -0.39 is 0 Å². The molecule has 0 unspecified atom stereocenters.